The zero-order valence-electron chi connectivity index (χ0n) is 11.1. The number of hydrogen-bond donors (Lipinski definition) is 1. The standard InChI is InChI=1S/C15H15N5/c1-12(13-4-6-16-7-5-13)19-14-2-3-15(18-10-14)20-9-8-17-11-20/h2-12,19H,1H3. The van der Waals surface area contributed by atoms with Crippen LogP contribution < -0.4 is 5.32 Å². The third-order valence-corrected chi connectivity index (χ3v) is 3.11. The molecule has 20 heavy (non-hydrogen) atoms. The molecule has 0 fully saturated rings. The van der Waals surface area contributed by atoms with Crippen LogP contribution in [0.4, 0.5) is 5.69 Å². The summed E-state index contributed by atoms with van der Waals surface area (Å²) in [4.78, 5) is 12.5. The van der Waals surface area contributed by atoms with Gasteiger partial charge in [0.15, 0.2) is 0 Å². The van der Waals surface area contributed by atoms with Gasteiger partial charge in [0.1, 0.15) is 12.1 Å². The third-order valence-electron chi connectivity index (χ3n) is 3.11. The third kappa shape index (κ3) is 2.66. The minimum atomic E-state index is 0.207. The summed E-state index contributed by atoms with van der Waals surface area (Å²) in [5.74, 6) is 0.851. The first kappa shape index (κ1) is 12.3. The van der Waals surface area contributed by atoms with Gasteiger partial charge in [-0.05, 0) is 36.8 Å². The van der Waals surface area contributed by atoms with Crippen LogP contribution in [-0.4, -0.2) is 19.5 Å². The summed E-state index contributed by atoms with van der Waals surface area (Å²) in [5.41, 5.74) is 2.18. The summed E-state index contributed by atoms with van der Waals surface area (Å²) < 4.78 is 1.87. The molecule has 1 unspecified atom stereocenters. The van der Waals surface area contributed by atoms with Gasteiger partial charge < -0.3 is 5.32 Å². The Bertz CT molecular complexity index is 647. The van der Waals surface area contributed by atoms with E-state index in [0.29, 0.717) is 0 Å². The average Bonchev–Trinajstić information content (AvgIpc) is 3.03. The predicted octanol–water partition coefficient (Wildman–Crippen LogP) is 2.84. The molecule has 3 heterocycles. The second-order valence-electron chi connectivity index (χ2n) is 4.52. The molecule has 5 heteroatoms. The van der Waals surface area contributed by atoms with Crippen molar-refractivity contribution in [2.75, 3.05) is 5.32 Å². The van der Waals surface area contributed by atoms with E-state index in [2.05, 4.69) is 27.2 Å². The number of nitrogens with one attached hydrogen (secondary N) is 1. The van der Waals surface area contributed by atoms with Gasteiger partial charge in [-0.2, -0.15) is 0 Å². The van der Waals surface area contributed by atoms with Crippen LogP contribution in [0.2, 0.25) is 0 Å². The fraction of sp³-hybridized carbons (Fsp3) is 0.133. The molecule has 1 N–H and O–H groups in total. The van der Waals surface area contributed by atoms with Gasteiger partial charge in [-0.25, -0.2) is 9.97 Å². The first-order valence-electron chi connectivity index (χ1n) is 6.44. The molecule has 0 saturated carbocycles. The van der Waals surface area contributed by atoms with E-state index in [9.17, 15) is 0 Å². The van der Waals surface area contributed by atoms with Gasteiger partial charge in [0, 0.05) is 30.8 Å². The van der Waals surface area contributed by atoms with Crippen molar-refractivity contribution in [2.24, 2.45) is 0 Å². The van der Waals surface area contributed by atoms with E-state index in [0.717, 1.165) is 11.5 Å². The normalized spacial score (nSPS) is 12.1. The molecule has 0 bridgehead atoms. The highest BCUT2D eigenvalue weighted by Crippen LogP contribution is 2.18. The molecule has 0 saturated heterocycles. The van der Waals surface area contributed by atoms with Crippen molar-refractivity contribution in [3.8, 4) is 5.82 Å². The van der Waals surface area contributed by atoms with Crippen molar-refractivity contribution >= 4 is 5.69 Å². The zero-order chi connectivity index (χ0) is 13.8. The van der Waals surface area contributed by atoms with Crippen LogP contribution in [0.15, 0.2) is 61.6 Å². The Morgan fingerprint density at radius 3 is 2.55 bits per heavy atom. The van der Waals surface area contributed by atoms with Crippen molar-refractivity contribution in [1.82, 2.24) is 19.5 Å². The van der Waals surface area contributed by atoms with Gasteiger partial charge in [-0.1, -0.05) is 0 Å². The molecular formula is C15H15N5. The lowest BCUT2D eigenvalue weighted by Gasteiger charge is -2.15. The maximum absolute atomic E-state index is 4.42. The molecular weight excluding hydrogens is 250 g/mol. The van der Waals surface area contributed by atoms with Crippen molar-refractivity contribution in [3.05, 3.63) is 67.1 Å². The predicted molar refractivity (Wildman–Crippen MR) is 77.6 cm³/mol. The Hall–Kier alpha value is -2.69. The summed E-state index contributed by atoms with van der Waals surface area (Å²) >= 11 is 0. The Morgan fingerprint density at radius 1 is 1.05 bits per heavy atom. The van der Waals surface area contributed by atoms with Crippen LogP contribution in [0.25, 0.3) is 5.82 Å². The van der Waals surface area contributed by atoms with E-state index >= 15 is 0 Å². The quantitative estimate of drug-likeness (QED) is 0.788. The minimum absolute atomic E-state index is 0.207. The second kappa shape index (κ2) is 5.52. The Kier molecular flexibility index (Phi) is 3.41. The fourth-order valence-corrected chi connectivity index (χ4v) is 2.00. The number of rotatable bonds is 4. The number of pyridine rings is 2. The van der Waals surface area contributed by atoms with Crippen LogP contribution in [0.1, 0.15) is 18.5 Å². The largest absolute Gasteiger partial charge is 0.377 e. The topological polar surface area (TPSA) is 55.6 Å². The molecule has 0 radical (unpaired) electrons. The SMILES string of the molecule is CC(Nc1ccc(-n2ccnc2)nc1)c1ccncc1. The number of anilines is 1. The number of aromatic nitrogens is 4. The summed E-state index contributed by atoms with van der Waals surface area (Å²) in [6.45, 7) is 2.11. The summed E-state index contributed by atoms with van der Waals surface area (Å²) in [7, 11) is 0. The van der Waals surface area contributed by atoms with Gasteiger partial charge >= 0.3 is 0 Å². The summed E-state index contributed by atoms with van der Waals surface area (Å²) in [6.07, 6.45) is 10.8. The van der Waals surface area contributed by atoms with Gasteiger partial charge in [0.2, 0.25) is 0 Å². The lowest BCUT2D eigenvalue weighted by molar-refractivity contribution is 0.877. The minimum Gasteiger partial charge on any atom is -0.377 e. The molecule has 0 aliphatic carbocycles. The molecule has 100 valence electrons. The number of nitrogens with zero attached hydrogens (tertiary/aromatic N) is 4. The highest BCUT2D eigenvalue weighted by atomic mass is 15.1. The van der Waals surface area contributed by atoms with Gasteiger partial charge in [0.05, 0.1) is 11.9 Å². The van der Waals surface area contributed by atoms with E-state index < -0.39 is 0 Å². The van der Waals surface area contributed by atoms with Crippen molar-refractivity contribution < 1.29 is 0 Å². The number of hydrogen-bond acceptors (Lipinski definition) is 4. The Balaban J connectivity index is 1.72. The van der Waals surface area contributed by atoms with Gasteiger partial charge in [-0.3, -0.25) is 9.55 Å². The average molecular weight is 265 g/mol. The summed E-state index contributed by atoms with van der Waals surface area (Å²) in [6, 6.07) is 8.19. The van der Waals surface area contributed by atoms with E-state index in [4.69, 9.17) is 0 Å². The Morgan fingerprint density at radius 2 is 1.90 bits per heavy atom. The zero-order valence-corrected chi connectivity index (χ0v) is 11.1. The Labute approximate surface area is 117 Å². The van der Waals surface area contributed by atoms with Crippen molar-refractivity contribution in [2.45, 2.75) is 13.0 Å². The number of imidazole rings is 1. The first-order valence-corrected chi connectivity index (χ1v) is 6.44. The molecule has 0 aliphatic heterocycles. The molecule has 0 aliphatic rings. The maximum Gasteiger partial charge on any atom is 0.137 e. The van der Waals surface area contributed by atoms with E-state index in [1.54, 1.807) is 24.9 Å². The van der Waals surface area contributed by atoms with Crippen LogP contribution in [-0.2, 0) is 0 Å². The van der Waals surface area contributed by atoms with E-state index in [-0.39, 0.29) is 6.04 Å². The molecule has 3 rings (SSSR count). The molecule has 5 nitrogen and oxygen atoms in total. The lowest BCUT2D eigenvalue weighted by Crippen LogP contribution is -2.07. The molecule has 0 aromatic carbocycles. The highest BCUT2D eigenvalue weighted by Gasteiger charge is 2.05. The molecule has 1 atom stereocenters. The second-order valence-corrected chi connectivity index (χ2v) is 4.52. The van der Waals surface area contributed by atoms with Crippen LogP contribution in [0, 0.1) is 0 Å². The first-order chi connectivity index (χ1) is 9.83. The smallest absolute Gasteiger partial charge is 0.137 e. The van der Waals surface area contributed by atoms with Crippen LogP contribution in [0.3, 0.4) is 0 Å². The van der Waals surface area contributed by atoms with Crippen molar-refractivity contribution in [1.29, 1.82) is 0 Å². The molecule has 3 aromatic rings. The molecule has 0 spiro atoms. The summed E-state index contributed by atoms with van der Waals surface area (Å²) in [5, 5.41) is 3.42. The van der Waals surface area contributed by atoms with Crippen LogP contribution >= 0.6 is 0 Å². The highest BCUT2D eigenvalue weighted by molar-refractivity contribution is 5.45. The maximum atomic E-state index is 4.42. The monoisotopic (exact) mass is 265 g/mol. The van der Waals surface area contributed by atoms with Gasteiger partial charge in [0.25, 0.3) is 0 Å². The van der Waals surface area contributed by atoms with Gasteiger partial charge in [-0.15, -0.1) is 0 Å². The lowest BCUT2D eigenvalue weighted by atomic mass is 10.1. The molecule has 0 amide bonds. The fourth-order valence-electron chi connectivity index (χ4n) is 2.00. The van der Waals surface area contributed by atoms with Crippen molar-refractivity contribution in [3.63, 3.8) is 0 Å². The molecule has 3 aromatic heterocycles. The van der Waals surface area contributed by atoms with Crippen LogP contribution in [0.5, 0.6) is 0 Å². The van der Waals surface area contributed by atoms with E-state index in [1.165, 1.54) is 5.56 Å². The van der Waals surface area contributed by atoms with E-state index in [1.807, 2.05) is 41.2 Å².